The van der Waals surface area contributed by atoms with Crippen LogP contribution in [-0.4, -0.2) is 61.0 Å². The molecule has 3 amide bonds. The number of likely N-dealkylation sites (tertiary alicyclic amines) is 1. The fraction of sp³-hybridized carbons (Fsp3) is 0.500. The number of piperidine rings is 1. The molecule has 2 fully saturated rings. The monoisotopic (exact) mass is 555 g/mol. The van der Waals surface area contributed by atoms with E-state index < -0.39 is 11.5 Å². The van der Waals surface area contributed by atoms with E-state index in [-0.39, 0.29) is 29.7 Å². The Morgan fingerprint density at radius 2 is 1.78 bits per heavy atom. The molecule has 2 N–H and O–H groups in total. The van der Waals surface area contributed by atoms with Gasteiger partial charge in [-0.1, -0.05) is 48.6 Å². The Kier molecular flexibility index (Phi) is 8.24. The van der Waals surface area contributed by atoms with Gasteiger partial charge in [-0.05, 0) is 80.2 Å². The molecule has 216 valence electrons. The van der Waals surface area contributed by atoms with E-state index in [1.54, 1.807) is 0 Å². The highest BCUT2D eigenvalue weighted by Crippen LogP contribution is 2.36. The number of rotatable bonds is 3. The van der Waals surface area contributed by atoms with Crippen LogP contribution in [0, 0.1) is 11.3 Å². The van der Waals surface area contributed by atoms with Gasteiger partial charge in [-0.25, -0.2) is 0 Å². The first-order chi connectivity index (χ1) is 20.0. The number of carbonyl (C=O) groups excluding carboxylic acids is 3. The lowest BCUT2D eigenvalue weighted by atomic mass is 9.75. The van der Waals surface area contributed by atoms with Crippen molar-refractivity contribution in [3.63, 3.8) is 0 Å². The van der Waals surface area contributed by atoms with E-state index in [0.717, 1.165) is 36.8 Å². The summed E-state index contributed by atoms with van der Waals surface area (Å²) < 4.78 is 5.61. The summed E-state index contributed by atoms with van der Waals surface area (Å²) >= 11 is 0. The maximum Gasteiger partial charge on any atom is 0.253 e. The maximum atomic E-state index is 13.8. The zero-order chi connectivity index (χ0) is 28.2. The Morgan fingerprint density at radius 1 is 0.976 bits per heavy atom. The molecular weight excluding hydrogens is 514 g/mol. The van der Waals surface area contributed by atoms with Crippen LogP contribution in [0.15, 0.2) is 60.7 Å². The molecule has 0 radical (unpaired) electrons. The number of hydrogen-bond donors (Lipinski definition) is 2. The molecule has 6 rings (SSSR count). The molecule has 2 aromatic carbocycles. The van der Waals surface area contributed by atoms with Gasteiger partial charge in [0.2, 0.25) is 11.8 Å². The van der Waals surface area contributed by atoms with E-state index in [2.05, 4.69) is 34.9 Å². The van der Waals surface area contributed by atoms with Crippen LogP contribution in [0.5, 0.6) is 0 Å². The second-order valence-electron chi connectivity index (χ2n) is 12.3. The number of nitrogens with one attached hydrogen (secondary N) is 2. The number of carbonyl (C=O) groups is 3. The molecule has 3 aliphatic heterocycles. The Bertz CT molecular complexity index is 1300. The normalized spacial score (nSPS) is 27.0. The quantitative estimate of drug-likeness (QED) is 0.561. The summed E-state index contributed by atoms with van der Waals surface area (Å²) in [5.74, 6) is -0.0359. The molecule has 7 nitrogen and oxygen atoms in total. The first kappa shape index (κ1) is 27.7. The van der Waals surface area contributed by atoms with Crippen molar-refractivity contribution >= 4 is 17.7 Å². The zero-order valence-electron chi connectivity index (χ0n) is 23.8. The van der Waals surface area contributed by atoms with E-state index in [0.29, 0.717) is 58.4 Å². The predicted octanol–water partition coefficient (Wildman–Crippen LogP) is 4.00. The van der Waals surface area contributed by atoms with Gasteiger partial charge in [0.1, 0.15) is 6.04 Å². The van der Waals surface area contributed by atoms with Crippen molar-refractivity contribution in [2.24, 2.45) is 11.3 Å². The number of amides is 3. The van der Waals surface area contributed by atoms with Crippen LogP contribution in [0.2, 0.25) is 0 Å². The molecule has 1 aliphatic carbocycles. The fourth-order valence-electron chi connectivity index (χ4n) is 7.05. The van der Waals surface area contributed by atoms with Gasteiger partial charge >= 0.3 is 0 Å². The average molecular weight is 556 g/mol. The van der Waals surface area contributed by atoms with E-state index in [1.807, 2.05) is 41.3 Å². The number of nitrogens with zero attached hydrogens (tertiary/aromatic N) is 1. The van der Waals surface area contributed by atoms with Gasteiger partial charge in [0.05, 0.1) is 5.41 Å². The third-order valence-corrected chi connectivity index (χ3v) is 9.64. The molecule has 2 aromatic rings. The second-order valence-corrected chi connectivity index (χ2v) is 12.3. The van der Waals surface area contributed by atoms with Crippen LogP contribution in [0.25, 0.3) is 0 Å². The molecule has 3 heterocycles. The third-order valence-electron chi connectivity index (χ3n) is 9.64. The zero-order valence-corrected chi connectivity index (χ0v) is 23.8. The number of allylic oxidation sites excluding steroid dienone is 2. The fourth-order valence-corrected chi connectivity index (χ4v) is 7.05. The van der Waals surface area contributed by atoms with Gasteiger partial charge in [-0.2, -0.15) is 0 Å². The van der Waals surface area contributed by atoms with E-state index in [4.69, 9.17) is 4.74 Å². The molecule has 0 bridgehead atoms. The van der Waals surface area contributed by atoms with Crippen molar-refractivity contribution in [3.8, 4) is 0 Å². The lowest BCUT2D eigenvalue weighted by Crippen LogP contribution is -2.58. The van der Waals surface area contributed by atoms with Gasteiger partial charge in [0, 0.05) is 50.2 Å². The largest absolute Gasteiger partial charge is 0.381 e. The van der Waals surface area contributed by atoms with Crippen LogP contribution in [-0.2, 0) is 33.6 Å². The Balaban J connectivity index is 1.23. The minimum Gasteiger partial charge on any atom is -0.381 e. The summed E-state index contributed by atoms with van der Waals surface area (Å²) in [5.41, 5.74) is 3.87. The molecule has 4 aliphatic rings. The molecule has 0 aromatic heterocycles. The summed E-state index contributed by atoms with van der Waals surface area (Å²) in [5, 5.41) is 6.46. The summed E-state index contributed by atoms with van der Waals surface area (Å²) in [6.45, 7) is 2.28. The summed E-state index contributed by atoms with van der Waals surface area (Å²) in [7, 11) is 0. The van der Waals surface area contributed by atoms with Crippen LogP contribution in [0.3, 0.4) is 0 Å². The van der Waals surface area contributed by atoms with Crippen LogP contribution in [0.4, 0.5) is 0 Å². The lowest BCUT2D eigenvalue weighted by Gasteiger charge is -2.40. The summed E-state index contributed by atoms with van der Waals surface area (Å²) in [6, 6.07) is 15.3. The van der Waals surface area contributed by atoms with Gasteiger partial charge in [-0.15, -0.1) is 0 Å². The van der Waals surface area contributed by atoms with E-state index >= 15 is 0 Å². The Labute approximate surface area is 242 Å². The maximum absolute atomic E-state index is 13.8. The molecular formula is C34H41N3O4. The molecule has 41 heavy (non-hydrogen) atoms. The van der Waals surface area contributed by atoms with Gasteiger partial charge < -0.3 is 20.3 Å². The van der Waals surface area contributed by atoms with Crippen LogP contribution < -0.4 is 10.6 Å². The molecule has 0 unspecified atom stereocenters. The standard InChI is InChI=1S/C34H41N3O4/c38-31-30(21-24-7-2-1-3-8-24)36-33(40)34(16-19-41-20-17-34)15-5-4-9-28-23-37(18-14-29(28)35-31)32(39)27-13-12-25-10-6-11-26(25)22-27/h1-5,7-8,12-13,22,28-30H,6,9-11,14-21,23H2,(H,35,38)(H,36,40)/b5-4+/t28-,29+,30+/m0/s1. The predicted molar refractivity (Wildman–Crippen MR) is 157 cm³/mol. The minimum atomic E-state index is -0.667. The number of benzene rings is 2. The topological polar surface area (TPSA) is 87.7 Å². The molecule has 1 spiro atoms. The highest BCUT2D eigenvalue weighted by Gasteiger charge is 2.42. The van der Waals surface area contributed by atoms with Crippen molar-refractivity contribution in [2.75, 3.05) is 26.3 Å². The van der Waals surface area contributed by atoms with Crippen molar-refractivity contribution < 1.29 is 19.1 Å². The lowest BCUT2D eigenvalue weighted by molar-refractivity contribution is -0.140. The number of fused-ring (bicyclic) bond motifs is 2. The number of aryl methyl sites for hydroxylation is 2. The molecule has 0 saturated carbocycles. The van der Waals surface area contributed by atoms with Crippen LogP contribution in [0.1, 0.15) is 65.6 Å². The van der Waals surface area contributed by atoms with E-state index in [9.17, 15) is 14.4 Å². The number of hydrogen-bond acceptors (Lipinski definition) is 4. The molecule has 2 saturated heterocycles. The molecule has 7 heteroatoms. The first-order valence-electron chi connectivity index (χ1n) is 15.3. The Hall–Kier alpha value is -3.45. The van der Waals surface area contributed by atoms with Crippen molar-refractivity contribution in [3.05, 3.63) is 82.9 Å². The van der Waals surface area contributed by atoms with Crippen molar-refractivity contribution in [2.45, 2.75) is 69.9 Å². The SMILES string of the molecule is O=C1N[C@@H]2CCN(C(=O)c3ccc4c(c3)CCC4)C[C@@H]2C/C=C/CC2(CCOCC2)C(=O)N[C@@H]1Cc1ccccc1. The van der Waals surface area contributed by atoms with Crippen LogP contribution >= 0.6 is 0 Å². The highest BCUT2D eigenvalue weighted by atomic mass is 16.5. The van der Waals surface area contributed by atoms with Crippen molar-refractivity contribution in [1.29, 1.82) is 0 Å². The second kappa shape index (κ2) is 12.2. The van der Waals surface area contributed by atoms with Gasteiger partial charge in [0.15, 0.2) is 0 Å². The van der Waals surface area contributed by atoms with Crippen molar-refractivity contribution in [1.82, 2.24) is 15.5 Å². The summed E-state index contributed by atoms with van der Waals surface area (Å²) in [4.78, 5) is 43.1. The summed E-state index contributed by atoms with van der Waals surface area (Å²) in [6.07, 6.45) is 11.4. The third kappa shape index (κ3) is 6.10. The van der Waals surface area contributed by atoms with E-state index in [1.165, 1.54) is 11.1 Å². The number of ether oxygens (including phenoxy) is 1. The first-order valence-corrected chi connectivity index (χ1v) is 15.3. The molecule has 3 atom stereocenters. The van der Waals surface area contributed by atoms with Gasteiger partial charge in [0.25, 0.3) is 5.91 Å². The smallest absolute Gasteiger partial charge is 0.253 e. The van der Waals surface area contributed by atoms with Gasteiger partial charge in [-0.3, -0.25) is 14.4 Å². The average Bonchev–Trinajstić information content (AvgIpc) is 3.48. The highest BCUT2D eigenvalue weighted by molar-refractivity contribution is 5.95. The Morgan fingerprint density at radius 3 is 2.61 bits per heavy atom. The minimum absolute atomic E-state index is 0.0617.